The van der Waals surface area contributed by atoms with Crippen molar-refractivity contribution >= 4 is 17.4 Å². The van der Waals surface area contributed by atoms with Crippen LogP contribution in [0, 0.1) is 0 Å². The number of pyridine rings is 1. The van der Waals surface area contributed by atoms with Gasteiger partial charge >= 0.3 is 0 Å². The lowest BCUT2D eigenvalue weighted by Gasteiger charge is -2.20. The molecule has 1 saturated heterocycles. The van der Waals surface area contributed by atoms with Gasteiger partial charge in [-0.3, -0.25) is 0 Å². The summed E-state index contributed by atoms with van der Waals surface area (Å²) in [6.45, 7) is 4.18. The van der Waals surface area contributed by atoms with Crippen molar-refractivity contribution in [3.8, 4) is 0 Å². The molecular formula is C10H14ClN3. The highest BCUT2D eigenvalue weighted by molar-refractivity contribution is 6.29. The molecule has 0 aromatic carbocycles. The van der Waals surface area contributed by atoms with Crippen molar-refractivity contribution < 1.29 is 0 Å². The normalized spacial score (nSPS) is 17.9. The Labute approximate surface area is 89.1 Å². The maximum Gasteiger partial charge on any atom is 0.131 e. The molecule has 0 bridgehead atoms. The highest BCUT2D eigenvalue weighted by atomic mass is 35.5. The van der Waals surface area contributed by atoms with E-state index in [1.165, 1.54) is 0 Å². The number of anilines is 1. The Hall–Kier alpha value is -0.800. The fourth-order valence-electron chi connectivity index (χ4n) is 1.65. The molecule has 0 amide bonds. The van der Waals surface area contributed by atoms with E-state index in [9.17, 15) is 0 Å². The first-order valence-corrected chi connectivity index (χ1v) is 5.32. The van der Waals surface area contributed by atoms with Crippen molar-refractivity contribution in [1.82, 2.24) is 10.3 Å². The fourth-order valence-corrected chi connectivity index (χ4v) is 1.81. The summed E-state index contributed by atoms with van der Waals surface area (Å²) in [5.41, 5.74) is 0. The van der Waals surface area contributed by atoms with E-state index in [0.717, 1.165) is 38.4 Å². The molecule has 76 valence electrons. The maximum atomic E-state index is 5.85. The average molecular weight is 212 g/mol. The van der Waals surface area contributed by atoms with Crippen molar-refractivity contribution in [2.24, 2.45) is 0 Å². The van der Waals surface area contributed by atoms with E-state index in [-0.39, 0.29) is 0 Å². The summed E-state index contributed by atoms with van der Waals surface area (Å²) in [6, 6.07) is 5.77. The molecule has 1 aliphatic rings. The van der Waals surface area contributed by atoms with Crippen LogP contribution in [0.15, 0.2) is 18.2 Å². The molecule has 4 heteroatoms. The number of rotatable bonds is 1. The van der Waals surface area contributed by atoms with Crippen molar-refractivity contribution in [2.45, 2.75) is 6.42 Å². The van der Waals surface area contributed by atoms with Crippen LogP contribution < -0.4 is 10.2 Å². The number of hydrogen-bond donors (Lipinski definition) is 1. The first-order chi connectivity index (χ1) is 6.86. The van der Waals surface area contributed by atoms with Gasteiger partial charge in [0, 0.05) is 19.6 Å². The van der Waals surface area contributed by atoms with E-state index in [0.29, 0.717) is 5.15 Å². The molecule has 14 heavy (non-hydrogen) atoms. The molecule has 0 radical (unpaired) electrons. The lowest BCUT2D eigenvalue weighted by atomic mass is 10.3. The van der Waals surface area contributed by atoms with Gasteiger partial charge < -0.3 is 10.2 Å². The fraction of sp³-hybridized carbons (Fsp3) is 0.500. The largest absolute Gasteiger partial charge is 0.355 e. The summed E-state index contributed by atoms with van der Waals surface area (Å²) in [5, 5.41) is 3.93. The van der Waals surface area contributed by atoms with Crippen LogP contribution in [-0.4, -0.2) is 31.2 Å². The lowest BCUT2D eigenvalue weighted by Crippen LogP contribution is -2.28. The molecule has 2 rings (SSSR count). The van der Waals surface area contributed by atoms with E-state index in [4.69, 9.17) is 11.6 Å². The molecule has 1 fully saturated rings. The molecule has 3 nitrogen and oxygen atoms in total. The van der Waals surface area contributed by atoms with Crippen LogP contribution in [0.2, 0.25) is 5.15 Å². The maximum absolute atomic E-state index is 5.85. The second-order valence-electron chi connectivity index (χ2n) is 3.41. The van der Waals surface area contributed by atoms with Crippen LogP contribution in [-0.2, 0) is 0 Å². The van der Waals surface area contributed by atoms with Gasteiger partial charge in [0.15, 0.2) is 0 Å². The zero-order valence-corrected chi connectivity index (χ0v) is 8.80. The van der Waals surface area contributed by atoms with Gasteiger partial charge in [-0.1, -0.05) is 17.7 Å². The molecule has 0 spiro atoms. The van der Waals surface area contributed by atoms with E-state index in [2.05, 4.69) is 15.2 Å². The molecule has 0 saturated carbocycles. The smallest absolute Gasteiger partial charge is 0.131 e. The molecule has 2 heterocycles. The highest BCUT2D eigenvalue weighted by Gasteiger charge is 2.10. The zero-order valence-electron chi connectivity index (χ0n) is 8.04. The minimum atomic E-state index is 0.569. The molecule has 1 N–H and O–H groups in total. The number of halogens is 1. The molecule has 0 atom stereocenters. The molecular weight excluding hydrogens is 198 g/mol. The number of nitrogens with zero attached hydrogens (tertiary/aromatic N) is 2. The summed E-state index contributed by atoms with van der Waals surface area (Å²) < 4.78 is 0. The number of hydrogen-bond acceptors (Lipinski definition) is 3. The summed E-state index contributed by atoms with van der Waals surface area (Å²) >= 11 is 5.85. The predicted molar refractivity (Wildman–Crippen MR) is 58.9 cm³/mol. The third kappa shape index (κ3) is 2.36. The number of aromatic nitrogens is 1. The first kappa shape index (κ1) is 9.74. The summed E-state index contributed by atoms with van der Waals surface area (Å²) in [7, 11) is 0. The van der Waals surface area contributed by atoms with E-state index < -0.39 is 0 Å². The third-order valence-corrected chi connectivity index (χ3v) is 2.57. The summed E-state index contributed by atoms with van der Waals surface area (Å²) in [6.07, 6.45) is 1.16. The standard InChI is InChI=1S/C10H14ClN3/c11-9-3-1-4-10(13-9)14-7-2-5-12-6-8-14/h1,3-4,12H,2,5-8H2. The molecule has 1 aromatic heterocycles. The lowest BCUT2D eigenvalue weighted by molar-refractivity contribution is 0.724. The Kier molecular flexibility index (Phi) is 3.22. The van der Waals surface area contributed by atoms with Crippen LogP contribution in [0.25, 0.3) is 0 Å². The second kappa shape index (κ2) is 4.62. The third-order valence-electron chi connectivity index (χ3n) is 2.36. The van der Waals surface area contributed by atoms with Crippen molar-refractivity contribution in [3.63, 3.8) is 0 Å². The Bertz CT molecular complexity index is 295. The van der Waals surface area contributed by atoms with Crippen LogP contribution in [0.5, 0.6) is 0 Å². The van der Waals surface area contributed by atoms with Gasteiger partial charge in [0.25, 0.3) is 0 Å². The van der Waals surface area contributed by atoms with Crippen molar-refractivity contribution in [1.29, 1.82) is 0 Å². The minimum Gasteiger partial charge on any atom is -0.355 e. The van der Waals surface area contributed by atoms with Crippen molar-refractivity contribution in [3.05, 3.63) is 23.4 Å². The topological polar surface area (TPSA) is 28.2 Å². The zero-order chi connectivity index (χ0) is 9.80. The Balaban J connectivity index is 2.12. The highest BCUT2D eigenvalue weighted by Crippen LogP contribution is 2.14. The first-order valence-electron chi connectivity index (χ1n) is 4.94. The summed E-state index contributed by atoms with van der Waals surface area (Å²) in [4.78, 5) is 6.57. The van der Waals surface area contributed by atoms with Gasteiger partial charge in [-0.2, -0.15) is 0 Å². The van der Waals surface area contributed by atoms with Crippen LogP contribution >= 0.6 is 11.6 Å². The Morgan fingerprint density at radius 1 is 1.29 bits per heavy atom. The monoisotopic (exact) mass is 211 g/mol. The minimum absolute atomic E-state index is 0.569. The van der Waals surface area contributed by atoms with Gasteiger partial charge in [-0.25, -0.2) is 4.98 Å². The summed E-state index contributed by atoms with van der Waals surface area (Å²) in [5.74, 6) is 0.987. The molecule has 1 aromatic rings. The number of nitrogens with one attached hydrogen (secondary N) is 1. The van der Waals surface area contributed by atoms with Crippen LogP contribution in [0.1, 0.15) is 6.42 Å². The molecule has 1 aliphatic heterocycles. The van der Waals surface area contributed by atoms with Crippen molar-refractivity contribution in [2.75, 3.05) is 31.1 Å². The van der Waals surface area contributed by atoms with Gasteiger partial charge in [0.05, 0.1) is 0 Å². The van der Waals surface area contributed by atoms with Crippen LogP contribution in [0.4, 0.5) is 5.82 Å². The Morgan fingerprint density at radius 3 is 3.07 bits per heavy atom. The van der Waals surface area contributed by atoms with Gasteiger partial charge in [0.1, 0.15) is 11.0 Å². The van der Waals surface area contributed by atoms with Gasteiger partial charge in [-0.05, 0) is 25.1 Å². The second-order valence-corrected chi connectivity index (χ2v) is 3.80. The van der Waals surface area contributed by atoms with Crippen LogP contribution in [0.3, 0.4) is 0 Å². The SMILES string of the molecule is Clc1cccc(N2CCCNCC2)n1. The quantitative estimate of drug-likeness (QED) is 0.715. The van der Waals surface area contributed by atoms with Gasteiger partial charge in [0.2, 0.25) is 0 Å². The van der Waals surface area contributed by atoms with Gasteiger partial charge in [-0.15, -0.1) is 0 Å². The Morgan fingerprint density at radius 2 is 2.21 bits per heavy atom. The van der Waals surface area contributed by atoms with E-state index in [1.54, 1.807) is 6.07 Å². The van der Waals surface area contributed by atoms with E-state index in [1.807, 2.05) is 12.1 Å². The molecule has 0 unspecified atom stereocenters. The predicted octanol–water partition coefficient (Wildman–Crippen LogP) is 1.53. The molecule has 0 aliphatic carbocycles. The average Bonchev–Trinajstić information content (AvgIpc) is 2.45. The van der Waals surface area contributed by atoms with E-state index >= 15 is 0 Å².